The van der Waals surface area contributed by atoms with Crippen molar-refractivity contribution in [3.63, 3.8) is 0 Å². The zero-order valence-electron chi connectivity index (χ0n) is 10.7. The van der Waals surface area contributed by atoms with E-state index in [1.807, 2.05) is 6.92 Å². The van der Waals surface area contributed by atoms with Crippen LogP contribution in [0.2, 0.25) is 10.0 Å². The Balaban J connectivity index is 1.84. The summed E-state index contributed by atoms with van der Waals surface area (Å²) < 4.78 is 10.5. The maximum atomic E-state index is 11.7. The minimum atomic E-state index is -0.250. The number of carbonyl (C=O) groups excluding carboxylic acids is 1. The molecule has 0 aliphatic carbocycles. The lowest BCUT2D eigenvalue weighted by Crippen LogP contribution is -2.31. The van der Waals surface area contributed by atoms with Gasteiger partial charge in [-0.05, 0) is 31.2 Å². The van der Waals surface area contributed by atoms with Gasteiger partial charge in [-0.25, -0.2) is 0 Å². The summed E-state index contributed by atoms with van der Waals surface area (Å²) >= 11 is 11.6. The normalized spacial score (nSPS) is 11.9. The molecule has 0 saturated heterocycles. The fourth-order valence-electron chi connectivity index (χ4n) is 1.61. The van der Waals surface area contributed by atoms with Crippen LogP contribution in [0.4, 0.5) is 0 Å². The molecule has 2 aromatic rings. The van der Waals surface area contributed by atoms with Crippen LogP contribution in [0.1, 0.15) is 18.7 Å². The molecule has 0 spiro atoms. The molecule has 0 aliphatic heterocycles. The van der Waals surface area contributed by atoms with E-state index in [0.29, 0.717) is 21.6 Å². The van der Waals surface area contributed by atoms with Crippen molar-refractivity contribution in [1.82, 2.24) is 5.32 Å². The topological polar surface area (TPSA) is 51.5 Å². The van der Waals surface area contributed by atoms with E-state index in [2.05, 4.69) is 5.32 Å². The van der Waals surface area contributed by atoms with Crippen molar-refractivity contribution in [3.05, 3.63) is 52.4 Å². The van der Waals surface area contributed by atoms with E-state index in [0.717, 1.165) is 0 Å². The molecule has 0 unspecified atom stereocenters. The van der Waals surface area contributed by atoms with E-state index in [9.17, 15) is 4.79 Å². The second-order valence-corrected chi connectivity index (χ2v) is 4.98. The standard InChI is InChI=1S/C14H13Cl2NO3/c1-9(13-3-2-6-19-13)17-14(18)8-20-10-4-5-11(15)12(16)7-10/h2-7,9H,8H2,1H3,(H,17,18)/t9-/m0/s1. The molecule has 0 saturated carbocycles. The third-order valence-electron chi connectivity index (χ3n) is 2.61. The number of rotatable bonds is 5. The Labute approximate surface area is 126 Å². The van der Waals surface area contributed by atoms with E-state index in [1.54, 1.807) is 36.6 Å². The lowest BCUT2D eigenvalue weighted by atomic mass is 10.2. The molecule has 1 heterocycles. The smallest absolute Gasteiger partial charge is 0.258 e. The van der Waals surface area contributed by atoms with Crippen LogP contribution >= 0.6 is 23.2 Å². The molecule has 0 aliphatic rings. The summed E-state index contributed by atoms with van der Waals surface area (Å²) in [5, 5.41) is 3.58. The second-order valence-electron chi connectivity index (χ2n) is 4.17. The Morgan fingerprint density at radius 1 is 1.35 bits per heavy atom. The summed E-state index contributed by atoms with van der Waals surface area (Å²) in [6.07, 6.45) is 1.56. The SMILES string of the molecule is C[C@H](NC(=O)COc1ccc(Cl)c(Cl)c1)c1ccco1. The highest BCUT2D eigenvalue weighted by atomic mass is 35.5. The van der Waals surface area contributed by atoms with Gasteiger partial charge in [-0.2, -0.15) is 0 Å². The van der Waals surface area contributed by atoms with Crippen molar-refractivity contribution >= 4 is 29.1 Å². The number of ether oxygens (including phenoxy) is 1. The van der Waals surface area contributed by atoms with Crippen LogP contribution in [-0.4, -0.2) is 12.5 Å². The lowest BCUT2D eigenvalue weighted by molar-refractivity contribution is -0.123. The predicted octanol–water partition coefficient (Wildman–Crippen LogP) is 3.84. The van der Waals surface area contributed by atoms with Crippen LogP contribution in [0.5, 0.6) is 5.75 Å². The Kier molecular flexibility index (Phi) is 4.93. The molecule has 6 heteroatoms. The molecule has 1 atom stereocenters. The molecule has 1 amide bonds. The van der Waals surface area contributed by atoms with Crippen LogP contribution in [0.25, 0.3) is 0 Å². The Hall–Kier alpha value is -1.65. The molecular weight excluding hydrogens is 301 g/mol. The molecule has 0 radical (unpaired) electrons. The van der Waals surface area contributed by atoms with Crippen molar-refractivity contribution in [2.75, 3.05) is 6.61 Å². The van der Waals surface area contributed by atoms with Crippen molar-refractivity contribution in [2.45, 2.75) is 13.0 Å². The first kappa shape index (κ1) is 14.8. The molecule has 20 heavy (non-hydrogen) atoms. The van der Waals surface area contributed by atoms with Crippen LogP contribution in [0.3, 0.4) is 0 Å². The number of hydrogen-bond acceptors (Lipinski definition) is 3. The minimum Gasteiger partial charge on any atom is -0.484 e. The Morgan fingerprint density at radius 2 is 2.15 bits per heavy atom. The van der Waals surface area contributed by atoms with Gasteiger partial charge in [0, 0.05) is 6.07 Å². The summed E-state index contributed by atoms with van der Waals surface area (Å²) in [6.45, 7) is 1.72. The number of nitrogens with one attached hydrogen (secondary N) is 1. The first-order valence-corrected chi connectivity index (χ1v) is 6.72. The number of hydrogen-bond donors (Lipinski definition) is 1. The average Bonchev–Trinajstić information content (AvgIpc) is 2.94. The number of benzene rings is 1. The first-order chi connectivity index (χ1) is 9.56. The largest absolute Gasteiger partial charge is 0.484 e. The minimum absolute atomic E-state index is 0.108. The fraction of sp³-hybridized carbons (Fsp3) is 0.214. The third kappa shape index (κ3) is 3.92. The van der Waals surface area contributed by atoms with Crippen LogP contribution in [-0.2, 0) is 4.79 Å². The Morgan fingerprint density at radius 3 is 2.80 bits per heavy atom. The van der Waals surface area contributed by atoms with Crippen molar-refractivity contribution in [1.29, 1.82) is 0 Å². The van der Waals surface area contributed by atoms with Gasteiger partial charge < -0.3 is 14.5 Å². The fourth-order valence-corrected chi connectivity index (χ4v) is 1.90. The number of furan rings is 1. The summed E-state index contributed by atoms with van der Waals surface area (Å²) in [5.74, 6) is 0.924. The van der Waals surface area contributed by atoms with Crippen molar-refractivity contribution in [2.24, 2.45) is 0 Å². The summed E-state index contributed by atoms with van der Waals surface area (Å²) in [4.78, 5) is 11.7. The quantitative estimate of drug-likeness (QED) is 0.912. The third-order valence-corrected chi connectivity index (χ3v) is 3.35. The van der Waals surface area contributed by atoms with Gasteiger partial charge in [-0.1, -0.05) is 23.2 Å². The highest BCUT2D eigenvalue weighted by Gasteiger charge is 2.12. The van der Waals surface area contributed by atoms with Gasteiger partial charge in [-0.15, -0.1) is 0 Å². The molecule has 4 nitrogen and oxygen atoms in total. The number of carbonyl (C=O) groups is 1. The highest BCUT2D eigenvalue weighted by Crippen LogP contribution is 2.26. The molecule has 1 aromatic carbocycles. The van der Waals surface area contributed by atoms with Gasteiger partial charge in [0.15, 0.2) is 6.61 Å². The molecule has 1 N–H and O–H groups in total. The van der Waals surface area contributed by atoms with Crippen LogP contribution < -0.4 is 10.1 Å². The molecule has 106 valence electrons. The summed E-state index contributed by atoms with van der Waals surface area (Å²) in [6, 6.07) is 8.18. The lowest BCUT2D eigenvalue weighted by Gasteiger charge is -2.12. The number of amides is 1. The summed E-state index contributed by atoms with van der Waals surface area (Å²) in [5.41, 5.74) is 0. The van der Waals surface area contributed by atoms with E-state index in [1.165, 1.54) is 0 Å². The Bertz CT molecular complexity index is 584. The van der Waals surface area contributed by atoms with E-state index >= 15 is 0 Å². The van der Waals surface area contributed by atoms with Crippen molar-refractivity contribution < 1.29 is 13.9 Å². The second kappa shape index (κ2) is 6.68. The first-order valence-electron chi connectivity index (χ1n) is 5.97. The molecule has 2 rings (SSSR count). The van der Waals surface area contributed by atoms with Crippen LogP contribution in [0.15, 0.2) is 41.0 Å². The van der Waals surface area contributed by atoms with Gasteiger partial charge >= 0.3 is 0 Å². The van der Waals surface area contributed by atoms with Gasteiger partial charge in [0.1, 0.15) is 11.5 Å². The van der Waals surface area contributed by atoms with Gasteiger partial charge in [-0.3, -0.25) is 4.79 Å². The van der Waals surface area contributed by atoms with Crippen LogP contribution in [0, 0.1) is 0 Å². The maximum Gasteiger partial charge on any atom is 0.258 e. The maximum absolute atomic E-state index is 11.7. The zero-order chi connectivity index (χ0) is 14.5. The van der Waals surface area contributed by atoms with Crippen molar-refractivity contribution in [3.8, 4) is 5.75 Å². The van der Waals surface area contributed by atoms with Gasteiger partial charge in [0.25, 0.3) is 5.91 Å². The number of halogens is 2. The molecule has 0 fully saturated rings. The van der Waals surface area contributed by atoms with E-state index in [-0.39, 0.29) is 18.6 Å². The van der Waals surface area contributed by atoms with E-state index < -0.39 is 0 Å². The van der Waals surface area contributed by atoms with Gasteiger partial charge in [0.2, 0.25) is 0 Å². The molecular formula is C14H13Cl2NO3. The average molecular weight is 314 g/mol. The monoisotopic (exact) mass is 313 g/mol. The predicted molar refractivity (Wildman–Crippen MR) is 77.2 cm³/mol. The zero-order valence-corrected chi connectivity index (χ0v) is 12.2. The molecule has 0 bridgehead atoms. The summed E-state index contributed by atoms with van der Waals surface area (Å²) in [7, 11) is 0. The molecule has 1 aromatic heterocycles. The highest BCUT2D eigenvalue weighted by molar-refractivity contribution is 6.42. The van der Waals surface area contributed by atoms with E-state index in [4.69, 9.17) is 32.4 Å². The van der Waals surface area contributed by atoms with Gasteiger partial charge in [0.05, 0.1) is 22.4 Å².